The Morgan fingerprint density at radius 3 is 2.52 bits per heavy atom. The van der Waals surface area contributed by atoms with Crippen molar-refractivity contribution in [3.63, 3.8) is 0 Å². The third-order valence-corrected chi connectivity index (χ3v) is 3.10. The summed E-state index contributed by atoms with van der Waals surface area (Å²) < 4.78 is 0. The van der Waals surface area contributed by atoms with Crippen LogP contribution in [0, 0.1) is 0 Å². The lowest BCUT2D eigenvalue weighted by molar-refractivity contribution is -0.140. The van der Waals surface area contributed by atoms with Crippen molar-refractivity contribution in [2.24, 2.45) is 0 Å². The molecule has 1 aromatic rings. The topological polar surface area (TPSA) is 95.4 Å². The van der Waals surface area contributed by atoms with Crippen LogP contribution in [0.15, 0.2) is 18.5 Å². The van der Waals surface area contributed by atoms with Crippen molar-refractivity contribution in [2.45, 2.75) is 6.04 Å². The maximum absolute atomic E-state index is 11.7. The molecule has 0 aromatic carbocycles. The van der Waals surface area contributed by atoms with E-state index in [9.17, 15) is 9.59 Å². The minimum atomic E-state index is -1.05. The lowest BCUT2D eigenvalue weighted by Gasteiger charge is -2.11. The molecule has 0 saturated carbocycles. The third-order valence-electron chi connectivity index (χ3n) is 2.43. The SMILES string of the molecule is CSC[C@H](NC(=O)/C=C/c1cnc(N(C)C)nc1)C(=O)O. The predicted molar refractivity (Wildman–Crippen MR) is 83.3 cm³/mol. The highest BCUT2D eigenvalue weighted by Crippen LogP contribution is 2.04. The number of carboxylic acids is 1. The normalized spacial score (nSPS) is 12.1. The number of hydrogen-bond acceptors (Lipinski definition) is 6. The summed E-state index contributed by atoms with van der Waals surface area (Å²) in [7, 11) is 3.66. The molecule has 114 valence electrons. The fourth-order valence-electron chi connectivity index (χ4n) is 1.38. The van der Waals surface area contributed by atoms with Gasteiger partial charge in [0.25, 0.3) is 0 Å². The maximum Gasteiger partial charge on any atom is 0.327 e. The minimum Gasteiger partial charge on any atom is -0.480 e. The first-order valence-corrected chi connectivity index (χ1v) is 7.53. The number of nitrogens with one attached hydrogen (secondary N) is 1. The summed E-state index contributed by atoms with van der Waals surface area (Å²) in [5, 5.41) is 11.4. The molecule has 0 bridgehead atoms. The van der Waals surface area contributed by atoms with Gasteiger partial charge in [0.1, 0.15) is 6.04 Å². The summed E-state index contributed by atoms with van der Waals surface area (Å²) >= 11 is 1.35. The van der Waals surface area contributed by atoms with Crippen LogP contribution in [0.1, 0.15) is 5.56 Å². The molecule has 0 spiro atoms. The number of carbonyl (C=O) groups is 2. The Bertz CT molecular complexity index is 517. The van der Waals surface area contributed by atoms with Crippen molar-refractivity contribution in [3.05, 3.63) is 24.0 Å². The van der Waals surface area contributed by atoms with Crippen LogP contribution < -0.4 is 10.2 Å². The summed E-state index contributed by atoms with van der Waals surface area (Å²) in [6.07, 6.45) is 7.75. The van der Waals surface area contributed by atoms with Crippen LogP contribution in [0.4, 0.5) is 5.95 Å². The largest absolute Gasteiger partial charge is 0.480 e. The number of anilines is 1. The van der Waals surface area contributed by atoms with E-state index in [0.717, 1.165) is 0 Å². The fraction of sp³-hybridized carbons (Fsp3) is 0.385. The van der Waals surface area contributed by atoms with Gasteiger partial charge in [-0.25, -0.2) is 14.8 Å². The van der Waals surface area contributed by atoms with Crippen molar-refractivity contribution in [1.29, 1.82) is 0 Å². The number of carbonyl (C=O) groups excluding carboxylic acids is 1. The van der Waals surface area contributed by atoms with Gasteiger partial charge in [0.2, 0.25) is 11.9 Å². The quantitative estimate of drug-likeness (QED) is 0.708. The van der Waals surface area contributed by atoms with Gasteiger partial charge in [-0.3, -0.25) is 4.79 Å². The van der Waals surface area contributed by atoms with Gasteiger partial charge in [0.05, 0.1) is 0 Å². The van der Waals surface area contributed by atoms with Crippen molar-refractivity contribution in [2.75, 3.05) is 31.0 Å². The van der Waals surface area contributed by atoms with Crippen molar-refractivity contribution < 1.29 is 14.7 Å². The highest BCUT2D eigenvalue weighted by atomic mass is 32.2. The zero-order valence-electron chi connectivity index (χ0n) is 12.1. The van der Waals surface area contributed by atoms with Crippen LogP contribution in [0.5, 0.6) is 0 Å². The molecule has 0 aliphatic carbocycles. The highest BCUT2D eigenvalue weighted by Gasteiger charge is 2.17. The smallest absolute Gasteiger partial charge is 0.327 e. The number of aliphatic carboxylic acids is 1. The number of nitrogens with zero attached hydrogens (tertiary/aromatic N) is 3. The van der Waals surface area contributed by atoms with Crippen molar-refractivity contribution in [1.82, 2.24) is 15.3 Å². The van der Waals surface area contributed by atoms with Gasteiger partial charge < -0.3 is 15.3 Å². The molecule has 0 saturated heterocycles. The Labute approximate surface area is 127 Å². The van der Waals surface area contributed by atoms with Gasteiger partial charge >= 0.3 is 5.97 Å². The van der Waals surface area contributed by atoms with Gasteiger partial charge in [-0.15, -0.1) is 0 Å². The van der Waals surface area contributed by atoms with Crippen molar-refractivity contribution in [3.8, 4) is 0 Å². The molecule has 2 N–H and O–H groups in total. The summed E-state index contributed by atoms with van der Waals surface area (Å²) in [6.45, 7) is 0. The molecule has 0 aliphatic rings. The van der Waals surface area contributed by atoms with E-state index < -0.39 is 17.9 Å². The van der Waals surface area contributed by atoms with Crippen LogP contribution >= 0.6 is 11.8 Å². The zero-order chi connectivity index (χ0) is 15.8. The van der Waals surface area contributed by atoms with Gasteiger partial charge in [-0.1, -0.05) is 0 Å². The van der Waals surface area contributed by atoms with Crippen LogP contribution in [0.2, 0.25) is 0 Å². The minimum absolute atomic E-state index is 0.315. The molecular weight excluding hydrogens is 292 g/mol. The van der Waals surface area contributed by atoms with Gasteiger partial charge in [0, 0.05) is 43.9 Å². The molecule has 7 nitrogen and oxygen atoms in total. The number of carboxylic acid groups (broad SMARTS) is 1. The molecule has 1 amide bonds. The number of rotatable bonds is 7. The zero-order valence-corrected chi connectivity index (χ0v) is 12.9. The molecule has 0 unspecified atom stereocenters. The van der Waals surface area contributed by atoms with E-state index in [4.69, 9.17) is 5.11 Å². The molecule has 1 heterocycles. The first kappa shape index (κ1) is 17.0. The molecule has 21 heavy (non-hydrogen) atoms. The van der Waals surface area contributed by atoms with Crippen LogP contribution in [0.3, 0.4) is 0 Å². The Morgan fingerprint density at radius 1 is 1.43 bits per heavy atom. The molecular formula is C13H18N4O3S. The van der Waals surface area contributed by atoms with E-state index in [2.05, 4.69) is 15.3 Å². The Balaban J connectivity index is 2.62. The summed E-state index contributed by atoms with van der Waals surface area (Å²) in [6, 6.07) is -0.899. The van der Waals surface area contributed by atoms with E-state index in [1.54, 1.807) is 23.5 Å². The summed E-state index contributed by atoms with van der Waals surface area (Å²) in [5.41, 5.74) is 0.660. The van der Waals surface area contributed by atoms with Crippen LogP contribution in [-0.2, 0) is 9.59 Å². The number of aromatic nitrogens is 2. The van der Waals surface area contributed by atoms with E-state index in [0.29, 0.717) is 17.3 Å². The van der Waals surface area contributed by atoms with Crippen LogP contribution in [-0.4, -0.2) is 59.1 Å². The molecule has 1 aromatic heterocycles. The summed E-state index contributed by atoms with van der Waals surface area (Å²) in [5.74, 6) is -0.629. The third kappa shape index (κ3) is 5.82. The Hall–Kier alpha value is -2.09. The average molecular weight is 310 g/mol. The average Bonchev–Trinajstić information content (AvgIpc) is 2.45. The Kier molecular flexibility index (Phi) is 6.67. The summed E-state index contributed by atoms with van der Waals surface area (Å²) in [4.78, 5) is 32.6. The predicted octanol–water partition coefficient (Wildman–Crippen LogP) is 0.488. The van der Waals surface area contributed by atoms with Gasteiger partial charge in [-0.05, 0) is 12.3 Å². The van der Waals surface area contributed by atoms with E-state index >= 15 is 0 Å². The second kappa shape index (κ2) is 8.25. The monoisotopic (exact) mass is 310 g/mol. The van der Waals surface area contributed by atoms with Gasteiger partial charge in [-0.2, -0.15) is 11.8 Å². The van der Waals surface area contributed by atoms with Crippen LogP contribution in [0.25, 0.3) is 6.08 Å². The molecule has 0 aliphatic heterocycles. The molecule has 8 heteroatoms. The number of thioether (sulfide) groups is 1. The van der Waals surface area contributed by atoms with Gasteiger partial charge in [0.15, 0.2) is 0 Å². The highest BCUT2D eigenvalue weighted by molar-refractivity contribution is 7.98. The maximum atomic E-state index is 11.7. The molecule has 1 atom stereocenters. The molecule has 0 fully saturated rings. The Morgan fingerprint density at radius 2 is 2.05 bits per heavy atom. The van der Waals surface area contributed by atoms with Crippen molar-refractivity contribution >= 4 is 35.7 Å². The standard InChI is InChI=1S/C13H18N4O3S/c1-17(2)13-14-6-9(7-15-13)4-5-11(18)16-10(8-21-3)12(19)20/h4-7,10H,8H2,1-3H3,(H,16,18)(H,19,20)/b5-4+/t10-/m0/s1. The second-order valence-electron chi connectivity index (χ2n) is 4.40. The fourth-order valence-corrected chi connectivity index (χ4v) is 1.94. The number of hydrogen-bond donors (Lipinski definition) is 2. The molecule has 0 radical (unpaired) electrons. The molecule has 1 rings (SSSR count). The van der Waals surface area contributed by atoms with E-state index in [1.165, 1.54) is 23.9 Å². The number of amides is 1. The lowest BCUT2D eigenvalue weighted by Crippen LogP contribution is -2.41. The lowest BCUT2D eigenvalue weighted by atomic mass is 10.3. The van der Waals surface area contributed by atoms with E-state index in [1.807, 2.05) is 14.1 Å². The first-order chi connectivity index (χ1) is 9.93. The van der Waals surface area contributed by atoms with E-state index in [-0.39, 0.29) is 0 Å². The first-order valence-electron chi connectivity index (χ1n) is 6.13. The second-order valence-corrected chi connectivity index (χ2v) is 5.31.